The number of hydrogen-bond donors (Lipinski definition) is 1. The number of rotatable bonds is 0. The molecule has 0 amide bonds. The van der Waals surface area contributed by atoms with Gasteiger partial charge in [-0.3, -0.25) is 5.21 Å². The number of sulfonamides is 1. The SMILES string of the molecule is CC1(C)C2CCC13CS(=O)(=O)N(O)C3(C)C2. The van der Waals surface area contributed by atoms with Crippen molar-refractivity contribution in [1.29, 1.82) is 0 Å². The van der Waals surface area contributed by atoms with E-state index in [1.54, 1.807) is 0 Å². The third kappa shape index (κ3) is 0.822. The monoisotopic (exact) mass is 245 g/mol. The molecule has 0 aromatic rings. The van der Waals surface area contributed by atoms with E-state index in [4.69, 9.17) is 0 Å². The van der Waals surface area contributed by atoms with Crippen molar-refractivity contribution in [1.82, 2.24) is 4.47 Å². The summed E-state index contributed by atoms with van der Waals surface area (Å²) in [4.78, 5) is 0. The molecule has 5 heteroatoms. The Bertz CT molecular complexity index is 458. The largest absolute Gasteiger partial charge is 0.299 e. The Labute approximate surface area is 96.6 Å². The Morgan fingerprint density at radius 1 is 1.31 bits per heavy atom. The maximum atomic E-state index is 11.9. The number of hydroxylamine groups is 1. The van der Waals surface area contributed by atoms with Crippen molar-refractivity contribution >= 4 is 10.0 Å². The first-order chi connectivity index (χ1) is 7.17. The lowest BCUT2D eigenvalue weighted by Crippen LogP contribution is -2.51. The van der Waals surface area contributed by atoms with Gasteiger partial charge in [-0.2, -0.15) is 0 Å². The normalized spacial score (nSPS) is 53.1. The number of nitrogens with zero attached hydrogens (tertiary/aromatic N) is 1. The summed E-state index contributed by atoms with van der Waals surface area (Å²) >= 11 is 0. The van der Waals surface area contributed by atoms with Crippen LogP contribution in [0.1, 0.15) is 40.0 Å². The van der Waals surface area contributed by atoms with Crippen LogP contribution < -0.4 is 0 Å². The van der Waals surface area contributed by atoms with Gasteiger partial charge in [0.25, 0.3) is 0 Å². The Morgan fingerprint density at radius 2 is 1.94 bits per heavy atom. The maximum absolute atomic E-state index is 11.9. The van der Waals surface area contributed by atoms with Crippen molar-refractivity contribution in [2.24, 2.45) is 16.7 Å². The molecule has 1 aliphatic heterocycles. The highest BCUT2D eigenvalue weighted by Crippen LogP contribution is 2.74. The lowest BCUT2D eigenvalue weighted by atomic mass is 9.64. The summed E-state index contributed by atoms with van der Waals surface area (Å²) < 4.78 is 24.5. The molecular formula is C11H19NO3S. The molecule has 1 heterocycles. The van der Waals surface area contributed by atoms with Crippen LogP contribution in [0.25, 0.3) is 0 Å². The molecule has 3 fully saturated rings. The minimum absolute atomic E-state index is 0.0201. The molecular weight excluding hydrogens is 226 g/mol. The van der Waals surface area contributed by atoms with Crippen molar-refractivity contribution in [3.63, 3.8) is 0 Å². The summed E-state index contributed by atoms with van der Waals surface area (Å²) in [5.74, 6) is 0.666. The van der Waals surface area contributed by atoms with Crippen LogP contribution in [0.2, 0.25) is 0 Å². The van der Waals surface area contributed by atoms with Crippen LogP contribution >= 0.6 is 0 Å². The first kappa shape index (κ1) is 11.0. The highest BCUT2D eigenvalue weighted by Gasteiger charge is 2.77. The summed E-state index contributed by atoms with van der Waals surface area (Å²) in [5, 5.41) is 9.98. The standard InChI is InChI=1S/C11H19NO3S/c1-9(2)8-4-5-11(9)7-16(14,15)12(13)10(11,3)6-8/h8,13H,4-7H2,1-3H3. The molecule has 1 N–H and O–H groups in total. The number of fused-ring (bicyclic) bond motifs is 1. The molecule has 2 bridgehead atoms. The van der Waals surface area contributed by atoms with Crippen LogP contribution in [0.4, 0.5) is 0 Å². The minimum atomic E-state index is -3.47. The molecule has 0 radical (unpaired) electrons. The predicted octanol–water partition coefficient (Wildman–Crippen LogP) is 1.61. The third-order valence-electron chi connectivity index (χ3n) is 5.96. The summed E-state index contributed by atoms with van der Waals surface area (Å²) in [6.45, 7) is 6.26. The fraction of sp³-hybridized carbons (Fsp3) is 1.00. The van der Waals surface area contributed by atoms with Crippen molar-refractivity contribution in [3.8, 4) is 0 Å². The van der Waals surface area contributed by atoms with Crippen LogP contribution in [0, 0.1) is 16.7 Å². The van der Waals surface area contributed by atoms with Gasteiger partial charge in [0.05, 0.1) is 11.3 Å². The van der Waals surface area contributed by atoms with Crippen LogP contribution in [-0.2, 0) is 10.0 Å². The van der Waals surface area contributed by atoms with Gasteiger partial charge in [-0.25, -0.2) is 8.42 Å². The predicted molar refractivity (Wildman–Crippen MR) is 59.4 cm³/mol. The first-order valence-corrected chi connectivity index (χ1v) is 7.50. The Morgan fingerprint density at radius 3 is 2.44 bits per heavy atom. The first-order valence-electron chi connectivity index (χ1n) is 5.89. The van der Waals surface area contributed by atoms with Gasteiger partial charge in [0.15, 0.2) is 0 Å². The highest BCUT2D eigenvalue weighted by atomic mass is 32.2. The van der Waals surface area contributed by atoms with Gasteiger partial charge in [-0.1, -0.05) is 18.3 Å². The van der Waals surface area contributed by atoms with E-state index in [0.29, 0.717) is 10.4 Å². The molecule has 2 saturated carbocycles. The topological polar surface area (TPSA) is 57.6 Å². The summed E-state index contributed by atoms with van der Waals surface area (Å²) in [5.41, 5.74) is -0.803. The summed E-state index contributed by atoms with van der Waals surface area (Å²) in [6, 6.07) is 0. The second-order valence-electron chi connectivity index (χ2n) is 6.52. The number of hydrogen-bond acceptors (Lipinski definition) is 3. The van der Waals surface area contributed by atoms with Crippen LogP contribution in [0.15, 0.2) is 0 Å². The molecule has 16 heavy (non-hydrogen) atoms. The van der Waals surface area contributed by atoms with E-state index in [9.17, 15) is 13.6 Å². The zero-order valence-electron chi connectivity index (χ0n) is 10.0. The van der Waals surface area contributed by atoms with Gasteiger partial charge < -0.3 is 0 Å². The zero-order valence-corrected chi connectivity index (χ0v) is 10.8. The second-order valence-corrected chi connectivity index (χ2v) is 8.31. The molecule has 1 saturated heterocycles. The van der Waals surface area contributed by atoms with E-state index < -0.39 is 15.6 Å². The third-order valence-corrected chi connectivity index (χ3v) is 7.75. The van der Waals surface area contributed by atoms with E-state index in [1.807, 2.05) is 6.92 Å². The van der Waals surface area contributed by atoms with Gasteiger partial charge in [0.1, 0.15) is 0 Å². The van der Waals surface area contributed by atoms with Gasteiger partial charge in [-0.05, 0) is 37.5 Å². The van der Waals surface area contributed by atoms with Gasteiger partial charge >= 0.3 is 0 Å². The van der Waals surface area contributed by atoms with Gasteiger partial charge in [0, 0.05) is 5.41 Å². The van der Waals surface area contributed by atoms with E-state index >= 15 is 0 Å². The highest BCUT2D eigenvalue weighted by molar-refractivity contribution is 7.89. The summed E-state index contributed by atoms with van der Waals surface area (Å²) in [6.07, 6.45) is 2.83. The molecule has 3 rings (SSSR count). The molecule has 3 aliphatic rings. The zero-order chi connectivity index (χ0) is 12.0. The molecule has 3 unspecified atom stereocenters. The molecule has 92 valence electrons. The second kappa shape index (κ2) is 2.49. The maximum Gasteiger partial charge on any atom is 0.236 e. The molecule has 0 aromatic carbocycles. The lowest BCUT2D eigenvalue weighted by Gasteiger charge is -2.43. The van der Waals surface area contributed by atoms with Crippen molar-refractivity contribution in [2.75, 3.05) is 5.75 Å². The molecule has 4 nitrogen and oxygen atoms in total. The lowest BCUT2D eigenvalue weighted by molar-refractivity contribution is -0.119. The Hall–Kier alpha value is -0.130. The van der Waals surface area contributed by atoms with E-state index in [-0.39, 0.29) is 16.6 Å². The van der Waals surface area contributed by atoms with Gasteiger partial charge in [-0.15, -0.1) is 0 Å². The van der Waals surface area contributed by atoms with Crippen molar-refractivity contribution in [2.45, 2.75) is 45.6 Å². The van der Waals surface area contributed by atoms with E-state index in [0.717, 1.165) is 19.3 Å². The van der Waals surface area contributed by atoms with Crippen molar-refractivity contribution < 1.29 is 13.6 Å². The smallest absolute Gasteiger partial charge is 0.236 e. The van der Waals surface area contributed by atoms with Gasteiger partial charge in [0.2, 0.25) is 10.0 Å². The van der Waals surface area contributed by atoms with Crippen LogP contribution in [0.5, 0.6) is 0 Å². The molecule has 2 aliphatic carbocycles. The van der Waals surface area contributed by atoms with Crippen LogP contribution in [-0.4, -0.2) is 29.4 Å². The average molecular weight is 245 g/mol. The Kier molecular flexibility index (Phi) is 1.71. The summed E-state index contributed by atoms with van der Waals surface area (Å²) in [7, 11) is -3.47. The van der Waals surface area contributed by atoms with Crippen LogP contribution in [0.3, 0.4) is 0 Å². The fourth-order valence-electron chi connectivity index (χ4n) is 4.84. The van der Waals surface area contributed by atoms with E-state index in [1.165, 1.54) is 0 Å². The van der Waals surface area contributed by atoms with Crippen molar-refractivity contribution in [3.05, 3.63) is 0 Å². The Balaban J connectivity index is 2.24. The quantitative estimate of drug-likeness (QED) is 0.705. The molecule has 0 aromatic heterocycles. The minimum Gasteiger partial charge on any atom is -0.299 e. The van der Waals surface area contributed by atoms with E-state index in [2.05, 4.69) is 13.8 Å². The fourth-order valence-corrected chi connectivity index (χ4v) is 7.28. The average Bonchev–Trinajstić information content (AvgIpc) is 2.55. The molecule has 3 atom stereocenters. The molecule has 1 spiro atoms.